The molecule has 0 radical (unpaired) electrons. The maximum Gasteiger partial charge on any atom is 0.261 e. The molecule has 1 saturated carbocycles. The first-order valence-electron chi connectivity index (χ1n) is 7.53. The fraction of sp³-hybridized carbons (Fsp3) is 0.688. The van der Waals surface area contributed by atoms with Crippen LogP contribution in [0.5, 0.6) is 0 Å². The molecule has 3 nitrogen and oxygen atoms in total. The molecule has 112 valence electrons. The highest BCUT2D eigenvalue weighted by Gasteiger charge is 2.32. The number of thiophene rings is 1. The second kappa shape index (κ2) is 6.27. The van der Waals surface area contributed by atoms with Crippen LogP contribution in [0.1, 0.15) is 59.6 Å². The van der Waals surface area contributed by atoms with Crippen LogP contribution in [0.4, 0.5) is 0 Å². The van der Waals surface area contributed by atoms with Crippen LogP contribution in [0.3, 0.4) is 0 Å². The zero-order valence-electron chi connectivity index (χ0n) is 12.7. The molecule has 2 rings (SSSR count). The summed E-state index contributed by atoms with van der Waals surface area (Å²) in [7, 11) is 0. The van der Waals surface area contributed by atoms with Gasteiger partial charge in [0.2, 0.25) is 0 Å². The molecule has 1 heterocycles. The molecule has 0 atom stereocenters. The lowest BCUT2D eigenvalue weighted by Crippen LogP contribution is -2.45. The van der Waals surface area contributed by atoms with E-state index in [0.717, 1.165) is 37.0 Å². The zero-order chi connectivity index (χ0) is 14.8. The van der Waals surface area contributed by atoms with E-state index in [1.165, 1.54) is 21.8 Å². The van der Waals surface area contributed by atoms with E-state index in [4.69, 9.17) is 0 Å². The highest BCUT2D eigenvalue weighted by molar-refractivity contribution is 7.14. The Bertz CT molecular complexity index is 473. The van der Waals surface area contributed by atoms with Gasteiger partial charge < -0.3 is 10.4 Å². The smallest absolute Gasteiger partial charge is 0.261 e. The molecule has 0 bridgehead atoms. The molecule has 0 aromatic carbocycles. The lowest BCUT2D eigenvalue weighted by molar-refractivity contribution is -0.00536. The van der Waals surface area contributed by atoms with Crippen molar-refractivity contribution in [2.24, 2.45) is 5.92 Å². The van der Waals surface area contributed by atoms with E-state index in [0.29, 0.717) is 12.5 Å². The summed E-state index contributed by atoms with van der Waals surface area (Å²) in [5.74, 6) is 0.642. The molecule has 1 fully saturated rings. The van der Waals surface area contributed by atoms with Gasteiger partial charge in [0.25, 0.3) is 5.91 Å². The first-order chi connectivity index (χ1) is 9.43. The number of hydrogen-bond acceptors (Lipinski definition) is 3. The fourth-order valence-corrected chi connectivity index (χ4v) is 3.82. The Morgan fingerprint density at radius 3 is 2.70 bits per heavy atom. The Labute approximate surface area is 125 Å². The van der Waals surface area contributed by atoms with Gasteiger partial charge in [0.1, 0.15) is 0 Å². The second-order valence-electron chi connectivity index (χ2n) is 6.14. The van der Waals surface area contributed by atoms with E-state index >= 15 is 0 Å². The van der Waals surface area contributed by atoms with Crippen LogP contribution in [0.15, 0.2) is 6.07 Å². The highest BCUT2D eigenvalue weighted by atomic mass is 32.1. The molecule has 0 unspecified atom stereocenters. The molecule has 0 aliphatic heterocycles. The van der Waals surface area contributed by atoms with E-state index in [-0.39, 0.29) is 5.91 Å². The van der Waals surface area contributed by atoms with E-state index < -0.39 is 5.60 Å². The Balaban J connectivity index is 1.91. The topological polar surface area (TPSA) is 49.3 Å². The zero-order valence-corrected chi connectivity index (χ0v) is 13.5. The van der Waals surface area contributed by atoms with E-state index in [9.17, 15) is 9.90 Å². The standard InChI is InChI=1S/C16H25NO2S/c1-4-13-9-14(20-12(13)3)15(18)17-10-16(19)7-5-11(2)6-8-16/h9,11,19H,4-8,10H2,1-3H3,(H,17,18). The van der Waals surface area contributed by atoms with Crippen molar-refractivity contribution in [3.63, 3.8) is 0 Å². The molecule has 2 N–H and O–H groups in total. The third-order valence-corrected chi connectivity index (χ3v) is 5.50. The van der Waals surface area contributed by atoms with Crippen LogP contribution >= 0.6 is 11.3 Å². The SMILES string of the molecule is CCc1cc(C(=O)NCC2(O)CCC(C)CC2)sc1C. The highest BCUT2D eigenvalue weighted by Crippen LogP contribution is 2.31. The van der Waals surface area contributed by atoms with Gasteiger partial charge in [-0.3, -0.25) is 4.79 Å². The minimum Gasteiger partial charge on any atom is -0.388 e. The number of carbonyl (C=O) groups is 1. The number of carbonyl (C=O) groups excluding carboxylic acids is 1. The lowest BCUT2D eigenvalue weighted by Gasteiger charge is -2.34. The Morgan fingerprint density at radius 2 is 2.15 bits per heavy atom. The van der Waals surface area contributed by atoms with Crippen molar-refractivity contribution in [2.45, 2.75) is 58.5 Å². The van der Waals surface area contributed by atoms with Crippen LogP contribution in [0, 0.1) is 12.8 Å². The van der Waals surface area contributed by atoms with Gasteiger partial charge >= 0.3 is 0 Å². The van der Waals surface area contributed by atoms with E-state index in [1.807, 2.05) is 6.07 Å². The van der Waals surface area contributed by atoms with Crippen molar-refractivity contribution in [2.75, 3.05) is 6.54 Å². The minimum absolute atomic E-state index is 0.0511. The van der Waals surface area contributed by atoms with Crippen molar-refractivity contribution in [3.8, 4) is 0 Å². The maximum absolute atomic E-state index is 12.2. The first-order valence-corrected chi connectivity index (χ1v) is 8.35. The molecule has 20 heavy (non-hydrogen) atoms. The van der Waals surface area contributed by atoms with Crippen molar-refractivity contribution < 1.29 is 9.90 Å². The quantitative estimate of drug-likeness (QED) is 0.895. The van der Waals surface area contributed by atoms with E-state index in [1.54, 1.807) is 0 Å². The Hall–Kier alpha value is -0.870. The monoisotopic (exact) mass is 295 g/mol. The average Bonchev–Trinajstić information content (AvgIpc) is 2.81. The molecule has 1 aromatic heterocycles. The van der Waals surface area contributed by atoms with Crippen molar-refractivity contribution in [1.82, 2.24) is 5.32 Å². The summed E-state index contributed by atoms with van der Waals surface area (Å²) in [5, 5.41) is 13.4. The van der Waals surface area contributed by atoms with Gasteiger partial charge in [0, 0.05) is 11.4 Å². The van der Waals surface area contributed by atoms with Crippen molar-refractivity contribution in [1.29, 1.82) is 0 Å². The number of amides is 1. The van der Waals surface area contributed by atoms with Gasteiger partial charge in [-0.1, -0.05) is 13.8 Å². The molecule has 4 heteroatoms. The van der Waals surface area contributed by atoms with Gasteiger partial charge in [-0.05, 0) is 56.6 Å². The van der Waals surface area contributed by atoms with Crippen LogP contribution in [0.25, 0.3) is 0 Å². The first kappa shape index (κ1) is 15.5. The number of aryl methyl sites for hydroxylation is 2. The summed E-state index contributed by atoms with van der Waals surface area (Å²) in [4.78, 5) is 14.1. The summed E-state index contributed by atoms with van der Waals surface area (Å²) in [6, 6.07) is 1.97. The number of hydrogen-bond donors (Lipinski definition) is 2. The third-order valence-electron chi connectivity index (χ3n) is 4.41. The second-order valence-corrected chi connectivity index (χ2v) is 7.39. The summed E-state index contributed by atoms with van der Waals surface area (Å²) < 4.78 is 0. The Morgan fingerprint density at radius 1 is 1.50 bits per heavy atom. The molecule has 0 spiro atoms. The summed E-state index contributed by atoms with van der Waals surface area (Å²) in [6.07, 6.45) is 4.63. The molecular formula is C16H25NO2S. The van der Waals surface area contributed by atoms with Gasteiger partial charge in [-0.15, -0.1) is 11.3 Å². The fourth-order valence-electron chi connectivity index (χ4n) is 2.79. The maximum atomic E-state index is 12.2. The molecule has 0 saturated heterocycles. The van der Waals surface area contributed by atoms with Crippen molar-refractivity contribution >= 4 is 17.2 Å². The van der Waals surface area contributed by atoms with Gasteiger partial charge in [-0.25, -0.2) is 0 Å². The summed E-state index contributed by atoms with van der Waals surface area (Å²) >= 11 is 1.54. The van der Waals surface area contributed by atoms with Crippen LogP contribution in [-0.2, 0) is 6.42 Å². The minimum atomic E-state index is -0.706. The predicted octanol–water partition coefficient (Wildman–Crippen LogP) is 3.29. The third kappa shape index (κ3) is 3.61. The predicted molar refractivity (Wildman–Crippen MR) is 83.3 cm³/mol. The largest absolute Gasteiger partial charge is 0.388 e. The molecule has 1 amide bonds. The average molecular weight is 295 g/mol. The van der Waals surface area contributed by atoms with Gasteiger partial charge in [-0.2, -0.15) is 0 Å². The van der Waals surface area contributed by atoms with Crippen LogP contribution in [-0.4, -0.2) is 23.2 Å². The summed E-state index contributed by atoms with van der Waals surface area (Å²) in [5.41, 5.74) is 0.535. The van der Waals surface area contributed by atoms with Gasteiger partial charge in [0.05, 0.1) is 10.5 Å². The Kier molecular flexibility index (Phi) is 4.86. The van der Waals surface area contributed by atoms with Gasteiger partial charge in [0.15, 0.2) is 0 Å². The normalized spacial score (nSPS) is 26.5. The number of rotatable bonds is 4. The molecule has 1 aliphatic carbocycles. The molecular weight excluding hydrogens is 270 g/mol. The van der Waals surface area contributed by atoms with Crippen LogP contribution in [0.2, 0.25) is 0 Å². The molecule has 1 aromatic rings. The lowest BCUT2D eigenvalue weighted by atomic mass is 9.79. The number of aliphatic hydroxyl groups is 1. The summed E-state index contributed by atoms with van der Waals surface area (Å²) in [6.45, 7) is 6.74. The number of nitrogens with one attached hydrogen (secondary N) is 1. The van der Waals surface area contributed by atoms with E-state index in [2.05, 4.69) is 26.1 Å². The van der Waals surface area contributed by atoms with Crippen molar-refractivity contribution in [3.05, 3.63) is 21.4 Å². The molecule has 1 aliphatic rings. The van der Waals surface area contributed by atoms with Crippen LogP contribution < -0.4 is 5.32 Å².